The van der Waals surface area contributed by atoms with E-state index in [9.17, 15) is 4.79 Å². The Hall–Kier alpha value is -2.37. The minimum Gasteiger partial charge on any atom is -0.493 e. The molecule has 0 amide bonds. The Morgan fingerprint density at radius 1 is 1.06 bits per heavy atom. The normalized spacial score (nSPS) is 28.7. The lowest BCUT2D eigenvalue weighted by molar-refractivity contribution is -0.197. The second-order valence-corrected chi connectivity index (χ2v) is 9.91. The van der Waals surface area contributed by atoms with Gasteiger partial charge in [-0.1, -0.05) is 36.4 Å². The van der Waals surface area contributed by atoms with Crippen LogP contribution in [0.2, 0.25) is 0 Å². The van der Waals surface area contributed by atoms with Crippen LogP contribution in [0.15, 0.2) is 42.5 Å². The summed E-state index contributed by atoms with van der Waals surface area (Å²) >= 11 is 0. The smallest absolute Gasteiger partial charge is 0.164 e. The number of ether oxygens (including phenoxy) is 3. The number of nitrogens with zero attached hydrogens (tertiary/aromatic N) is 1. The number of benzene rings is 2. The second kappa shape index (κ2) is 8.77. The summed E-state index contributed by atoms with van der Waals surface area (Å²) in [6.45, 7) is 1.64. The van der Waals surface area contributed by atoms with Crippen LogP contribution in [0.3, 0.4) is 0 Å². The number of likely N-dealkylation sites (N-methyl/N-ethyl adjacent to an activating group) is 1. The molecule has 2 fully saturated rings. The molecule has 0 aromatic heterocycles. The van der Waals surface area contributed by atoms with E-state index in [0.29, 0.717) is 25.2 Å². The monoisotopic (exact) mass is 449 g/mol. The molecule has 0 unspecified atom stereocenters. The zero-order valence-corrected chi connectivity index (χ0v) is 20.1. The van der Waals surface area contributed by atoms with Gasteiger partial charge in [-0.2, -0.15) is 0 Å². The summed E-state index contributed by atoms with van der Waals surface area (Å²) < 4.78 is 18.7. The fourth-order valence-corrected chi connectivity index (χ4v) is 6.90. The van der Waals surface area contributed by atoms with Gasteiger partial charge in [-0.3, -0.25) is 4.79 Å². The molecular formula is C28H35NO4. The van der Waals surface area contributed by atoms with Crippen molar-refractivity contribution < 1.29 is 19.0 Å². The lowest BCUT2D eigenvalue weighted by atomic mass is 9.49. The number of ketones is 1. The van der Waals surface area contributed by atoms with Crippen LogP contribution in [0.25, 0.3) is 0 Å². The van der Waals surface area contributed by atoms with Crippen molar-refractivity contribution in [3.8, 4) is 11.5 Å². The van der Waals surface area contributed by atoms with Crippen molar-refractivity contribution in [1.82, 2.24) is 4.90 Å². The summed E-state index contributed by atoms with van der Waals surface area (Å²) in [5, 5.41) is 0. The van der Waals surface area contributed by atoms with Gasteiger partial charge in [0, 0.05) is 36.5 Å². The van der Waals surface area contributed by atoms with Gasteiger partial charge in [0.25, 0.3) is 0 Å². The summed E-state index contributed by atoms with van der Waals surface area (Å²) in [6, 6.07) is 15.0. The Morgan fingerprint density at radius 2 is 1.88 bits per heavy atom. The van der Waals surface area contributed by atoms with Gasteiger partial charge in [0.1, 0.15) is 5.78 Å². The van der Waals surface area contributed by atoms with E-state index < -0.39 is 5.60 Å². The molecule has 5 nitrogen and oxygen atoms in total. The number of likely N-dealkylation sites (tertiary alicyclic amines) is 1. The fourth-order valence-electron chi connectivity index (χ4n) is 6.90. The van der Waals surface area contributed by atoms with Crippen molar-refractivity contribution >= 4 is 5.78 Å². The first-order valence-corrected chi connectivity index (χ1v) is 12.2. The highest BCUT2D eigenvalue weighted by Gasteiger charge is 2.66. The number of methoxy groups -OCH3 is 2. The first kappa shape index (κ1) is 22.4. The number of hydrogen-bond donors (Lipinski definition) is 0. The summed E-state index contributed by atoms with van der Waals surface area (Å²) in [5.41, 5.74) is 2.99. The average molecular weight is 450 g/mol. The Kier molecular flexibility index (Phi) is 5.96. The third-order valence-corrected chi connectivity index (χ3v) is 8.38. The van der Waals surface area contributed by atoms with Crippen molar-refractivity contribution in [2.24, 2.45) is 0 Å². The minimum absolute atomic E-state index is 0.252. The first-order valence-electron chi connectivity index (χ1n) is 12.2. The van der Waals surface area contributed by atoms with Crippen molar-refractivity contribution in [2.75, 3.05) is 34.4 Å². The molecule has 176 valence electrons. The zero-order chi connectivity index (χ0) is 23.1. The Labute approximate surface area is 197 Å². The molecule has 0 N–H and O–H groups in total. The Bertz CT molecular complexity index is 1020. The summed E-state index contributed by atoms with van der Waals surface area (Å²) in [5.74, 6) is 1.85. The maximum absolute atomic E-state index is 13.0. The predicted octanol–water partition coefficient (Wildman–Crippen LogP) is 4.34. The maximum atomic E-state index is 13.0. The molecule has 2 aromatic carbocycles. The van der Waals surface area contributed by atoms with Crippen LogP contribution in [0.1, 0.15) is 48.8 Å². The molecule has 3 aliphatic rings. The number of hydrogen-bond acceptors (Lipinski definition) is 5. The van der Waals surface area contributed by atoms with Crippen LogP contribution in [-0.2, 0) is 27.8 Å². The van der Waals surface area contributed by atoms with Crippen molar-refractivity contribution in [2.45, 2.75) is 62.0 Å². The highest BCUT2D eigenvalue weighted by Crippen LogP contribution is 2.62. The fraction of sp³-hybridized carbons (Fsp3) is 0.536. The Balaban J connectivity index is 1.55. The van der Waals surface area contributed by atoms with E-state index in [0.717, 1.165) is 55.7 Å². The van der Waals surface area contributed by atoms with Gasteiger partial charge in [-0.25, -0.2) is 0 Å². The zero-order valence-electron chi connectivity index (χ0n) is 20.1. The Morgan fingerprint density at radius 3 is 2.64 bits per heavy atom. The van der Waals surface area contributed by atoms with Gasteiger partial charge >= 0.3 is 0 Å². The van der Waals surface area contributed by atoms with E-state index in [1.54, 1.807) is 14.2 Å². The molecule has 33 heavy (non-hydrogen) atoms. The number of carbonyl (C=O) groups excluding carboxylic acids is 1. The van der Waals surface area contributed by atoms with E-state index in [1.165, 1.54) is 11.1 Å². The molecule has 3 atom stereocenters. The summed E-state index contributed by atoms with van der Waals surface area (Å²) in [7, 11) is 5.61. The van der Waals surface area contributed by atoms with Crippen LogP contribution in [0.5, 0.6) is 11.5 Å². The van der Waals surface area contributed by atoms with Crippen molar-refractivity contribution in [3.05, 3.63) is 59.2 Å². The van der Waals surface area contributed by atoms with Crippen molar-refractivity contribution in [3.63, 3.8) is 0 Å². The van der Waals surface area contributed by atoms with Crippen LogP contribution in [0.4, 0.5) is 0 Å². The molecule has 0 spiro atoms. The van der Waals surface area contributed by atoms with E-state index in [-0.39, 0.29) is 11.5 Å². The maximum Gasteiger partial charge on any atom is 0.164 e. The van der Waals surface area contributed by atoms with Crippen LogP contribution < -0.4 is 9.47 Å². The van der Waals surface area contributed by atoms with Gasteiger partial charge in [0.15, 0.2) is 11.5 Å². The highest BCUT2D eigenvalue weighted by molar-refractivity contribution is 5.83. The lowest BCUT2D eigenvalue weighted by Gasteiger charge is -2.64. The lowest BCUT2D eigenvalue weighted by Crippen LogP contribution is -2.73. The molecule has 5 heteroatoms. The van der Waals surface area contributed by atoms with Crippen LogP contribution >= 0.6 is 0 Å². The highest BCUT2D eigenvalue weighted by atomic mass is 16.5. The van der Waals surface area contributed by atoms with E-state index in [2.05, 4.69) is 48.3 Å². The predicted molar refractivity (Wildman–Crippen MR) is 128 cm³/mol. The second-order valence-electron chi connectivity index (χ2n) is 9.91. The molecule has 2 aromatic rings. The molecule has 0 radical (unpaired) electrons. The molecular weight excluding hydrogens is 414 g/mol. The van der Waals surface area contributed by atoms with Gasteiger partial charge in [-0.15, -0.1) is 0 Å². The minimum atomic E-state index is -0.392. The molecule has 2 aliphatic carbocycles. The third-order valence-electron chi connectivity index (χ3n) is 8.38. The molecule has 1 saturated carbocycles. The van der Waals surface area contributed by atoms with Crippen LogP contribution in [0, 0.1) is 0 Å². The first-order chi connectivity index (χ1) is 16.0. The number of piperidine rings is 1. The molecule has 1 saturated heterocycles. The standard InChI is InChI=1S/C28H35NO4/c1-29-16-15-27-19-22(30)13-14-28(27,33-17-7-10-20-8-5-4-6-9-20)24(29)18-21-11-12-23(31-2)26(32-3)25(21)27/h4-6,8-9,11-12,24H,7,10,13-19H2,1-3H3/t24-,27-,28-/m1/s1. The number of carbonyl (C=O) groups is 1. The number of aryl methyl sites for hydroxylation is 1. The largest absolute Gasteiger partial charge is 0.493 e. The van der Waals surface area contributed by atoms with Gasteiger partial charge < -0.3 is 19.1 Å². The number of Topliss-reactive ketones (excluding diaryl/α,β-unsaturated/α-hetero) is 1. The van der Waals surface area contributed by atoms with Crippen LogP contribution in [-0.4, -0.2) is 56.7 Å². The van der Waals surface area contributed by atoms with E-state index >= 15 is 0 Å². The quantitative estimate of drug-likeness (QED) is 0.589. The number of rotatable bonds is 7. The van der Waals surface area contributed by atoms with E-state index in [4.69, 9.17) is 14.2 Å². The molecule has 2 bridgehead atoms. The summed E-state index contributed by atoms with van der Waals surface area (Å²) in [6.07, 6.45) is 5.64. The van der Waals surface area contributed by atoms with Crippen molar-refractivity contribution in [1.29, 1.82) is 0 Å². The third kappa shape index (κ3) is 3.48. The number of fused-ring (bicyclic) bond motifs is 1. The topological polar surface area (TPSA) is 48.0 Å². The SMILES string of the molecule is COc1ccc2c(c1OC)[C@]13CCN(C)[C@H](C2)[C@]1(OCCCc1ccccc1)CCC(=O)C3. The van der Waals surface area contributed by atoms with E-state index in [1.807, 2.05) is 6.07 Å². The van der Waals surface area contributed by atoms with Gasteiger partial charge in [-0.05, 0) is 62.9 Å². The molecule has 1 aliphatic heterocycles. The molecule has 1 heterocycles. The summed E-state index contributed by atoms with van der Waals surface area (Å²) in [4.78, 5) is 15.4. The van der Waals surface area contributed by atoms with Gasteiger partial charge in [0.2, 0.25) is 0 Å². The van der Waals surface area contributed by atoms with Gasteiger partial charge in [0.05, 0.1) is 19.8 Å². The molecule has 5 rings (SSSR count). The average Bonchev–Trinajstić information content (AvgIpc) is 2.84.